The van der Waals surface area contributed by atoms with E-state index in [1.807, 2.05) is 0 Å². The van der Waals surface area contributed by atoms with Crippen LogP contribution in [0.25, 0.3) is 11.1 Å². The van der Waals surface area contributed by atoms with E-state index < -0.39 is 5.97 Å². The molecule has 5 nitrogen and oxygen atoms in total. The van der Waals surface area contributed by atoms with E-state index >= 15 is 0 Å². The van der Waals surface area contributed by atoms with Crippen LogP contribution in [0.3, 0.4) is 0 Å². The van der Waals surface area contributed by atoms with E-state index in [4.69, 9.17) is 16.7 Å². The topological polar surface area (TPSA) is 72.2 Å². The zero-order valence-electron chi connectivity index (χ0n) is 9.42. The Labute approximate surface area is 107 Å². The van der Waals surface area contributed by atoms with Crippen LogP contribution in [0.1, 0.15) is 10.4 Å². The lowest BCUT2D eigenvalue weighted by atomic mass is 10.1. The van der Waals surface area contributed by atoms with Crippen LogP contribution in [0.2, 0.25) is 5.02 Å². The fourth-order valence-corrected chi connectivity index (χ4v) is 1.79. The molecular weight excluding hydrogens is 256 g/mol. The van der Waals surface area contributed by atoms with E-state index in [2.05, 4.69) is 4.98 Å². The van der Waals surface area contributed by atoms with Crippen LogP contribution in [0.5, 0.6) is 0 Å². The van der Waals surface area contributed by atoms with Crippen LogP contribution in [-0.2, 0) is 7.05 Å². The van der Waals surface area contributed by atoms with Gasteiger partial charge in [0.1, 0.15) is 0 Å². The molecule has 0 bridgehead atoms. The van der Waals surface area contributed by atoms with E-state index in [9.17, 15) is 9.59 Å². The number of aromatic carboxylic acids is 1. The molecule has 1 heterocycles. The number of rotatable bonds is 2. The quantitative estimate of drug-likeness (QED) is 0.898. The molecular formula is C12H9ClN2O3. The molecule has 0 amide bonds. The molecule has 2 aromatic rings. The fraction of sp³-hybridized carbons (Fsp3) is 0.0833. The van der Waals surface area contributed by atoms with Gasteiger partial charge in [0.25, 0.3) is 0 Å². The van der Waals surface area contributed by atoms with Gasteiger partial charge in [0.2, 0.25) is 0 Å². The predicted octanol–water partition coefficient (Wildman–Crippen LogP) is 1.80. The summed E-state index contributed by atoms with van der Waals surface area (Å²) in [6, 6.07) is 4.58. The van der Waals surface area contributed by atoms with Gasteiger partial charge in [-0.1, -0.05) is 17.7 Å². The zero-order chi connectivity index (χ0) is 13.3. The number of carbonyl (C=O) groups is 1. The van der Waals surface area contributed by atoms with E-state index in [0.29, 0.717) is 11.1 Å². The molecule has 0 spiro atoms. The summed E-state index contributed by atoms with van der Waals surface area (Å²) in [7, 11) is 1.59. The summed E-state index contributed by atoms with van der Waals surface area (Å²) in [4.78, 5) is 25.7. The number of benzene rings is 1. The van der Waals surface area contributed by atoms with Gasteiger partial charge in [-0.3, -0.25) is 0 Å². The van der Waals surface area contributed by atoms with Crippen LogP contribution in [0.4, 0.5) is 0 Å². The first-order valence-corrected chi connectivity index (χ1v) is 5.43. The van der Waals surface area contributed by atoms with Crippen molar-refractivity contribution in [3.63, 3.8) is 0 Å². The molecule has 2 rings (SSSR count). The Morgan fingerprint density at radius 3 is 2.67 bits per heavy atom. The SMILES string of the molecule is Cn1cc(-c2ccc(C(=O)O)c(Cl)c2)cnc1=O. The molecule has 0 aliphatic carbocycles. The maximum Gasteiger partial charge on any atom is 0.347 e. The van der Waals surface area contributed by atoms with Gasteiger partial charge in [-0.15, -0.1) is 0 Å². The molecule has 1 N–H and O–H groups in total. The molecule has 0 fully saturated rings. The van der Waals surface area contributed by atoms with Gasteiger partial charge < -0.3 is 9.67 Å². The van der Waals surface area contributed by atoms with Crippen molar-refractivity contribution >= 4 is 17.6 Å². The second-order valence-corrected chi connectivity index (χ2v) is 4.14. The first kappa shape index (κ1) is 12.3. The van der Waals surface area contributed by atoms with E-state index in [-0.39, 0.29) is 16.3 Å². The molecule has 0 radical (unpaired) electrons. The molecule has 1 aromatic heterocycles. The average Bonchev–Trinajstić information content (AvgIpc) is 2.32. The molecule has 0 atom stereocenters. The van der Waals surface area contributed by atoms with Crippen LogP contribution >= 0.6 is 11.6 Å². The highest BCUT2D eigenvalue weighted by atomic mass is 35.5. The summed E-state index contributed by atoms with van der Waals surface area (Å²) < 4.78 is 1.34. The first-order valence-electron chi connectivity index (χ1n) is 5.05. The largest absolute Gasteiger partial charge is 0.478 e. The smallest absolute Gasteiger partial charge is 0.347 e. The van der Waals surface area contributed by atoms with Gasteiger partial charge in [0, 0.05) is 25.0 Å². The second kappa shape index (κ2) is 4.62. The Kier molecular flexibility index (Phi) is 3.16. The molecule has 1 aromatic carbocycles. The number of hydrogen-bond acceptors (Lipinski definition) is 3. The molecule has 6 heteroatoms. The van der Waals surface area contributed by atoms with Crippen molar-refractivity contribution in [2.75, 3.05) is 0 Å². The van der Waals surface area contributed by atoms with E-state index in [1.165, 1.54) is 22.9 Å². The predicted molar refractivity (Wildman–Crippen MR) is 66.9 cm³/mol. The second-order valence-electron chi connectivity index (χ2n) is 3.74. The van der Waals surface area contributed by atoms with Crippen molar-refractivity contribution < 1.29 is 9.90 Å². The maximum absolute atomic E-state index is 11.2. The van der Waals surface area contributed by atoms with Gasteiger partial charge >= 0.3 is 11.7 Å². The fourth-order valence-electron chi connectivity index (χ4n) is 1.53. The third kappa shape index (κ3) is 2.26. The number of halogens is 1. The molecule has 92 valence electrons. The Morgan fingerprint density at radius 1 is 1.39 bits per heavy atom. The number of carboxylic acids is 1. The third-order valence-corrected chi connectivity index (χ3v) is 2.79. The molecule has 0 saturated carbocycles. The van der Waals surface area contributed by atoms with Crippen LogP contribution in [0, 0.1) is 0 Å². The minimum atomic E-state index is -1.08. The molecule has 0 aliphatic heterocycles. The van der Waals surface area contributed by atoms with Crippen molar-refractivity contribution in [2.45, 2.75) is 0 Å². The van der Waals surface area contributed by atoms with Gasteiger partial charge in [-0.05, 0) is 17.7 Å². The normalized spacial score (nSPS) is 10.3. The van der Waals surface area contributed by atoms with Gasteiger partial charge in [0.05, 0.1) is 10.6 Å². The summed E-state index contributed by atoms with van der Waals surface area (Å²) in [5.74, 6) is -1.08. The van der Waals surface area contributed by atoms with E-state index in [0.717, 1.165) is 0 Å². The molecule has 0 unspecified atom stereocenters. The van der Waals surface area contributed by atoms with Crippen molar-refractivity contribution in [2.24, 2.45) is 7.05 Å². The minimum absolute atomic E-state index is 0.0400. The number of aromatic nitrogens is 2. The highest BCUT2D eigenvalue weighted by molar-refractivity contribution is 6.33. The van der Waals surface area contributed by atoms with Crippen molar-refractivity contribution in [3.8, 4) is 11.1 Å². The molecule has 0 saturated heterocycles. The number of hydrogen-bond donors (Lipinski definition) is 1. The summed E-state index contributed by atoms with van der Waals surface area (Å²) in [5, 5.41) is 9.01. The van der Waals surface area contributed by atoms with Gasteiger partial charge in [-0.25, -0.2) is 14.6 Å². The highest BCUT2D eigenvalue weighted by Gasteiger charge is 2.10. The third-order valence-electron chi connectivity index (χ3n) is 2.48. The number of carboxylic acid groups (broad SMARTS) is 1. The molecule has 0 aliphatic rings. The van der Waals surface area contributed by atoms with Crippen LogP contribution in [-0.4, -0.2) is 20.6 Å². The van der Waals surface area contributed by atoms with Crippen molar-refractivity contribution in [3.05, 3.63) is 51.7 Å². The lowest BCUT2D eigenvalue weighted by molar-refractivity contribution is 0.0697. The lowest BCUT2D eigenvalue weighted by Gasteiger charge is -2.05. The lowest BCUT2D eigenvalue weighted by Crippen LogP contribution is -2.18. The van der Waals surface area contributed by atoms with Gasteiger partial charge in [-0.2, -0.15) is 0 Å². The average molecular weight is 265 g/mol. The number of aryl methyl sites for hydroxylation is 1. The molecule has 18 heavy (non-hydrogen) atoms. The monoisotopic (exact) mass is 264 g/mol. The minimum Gasteiger partial charge on any atom is -0.478 e. The Hall–Kier alpha value is -2.14. The number of nitrogens with zero attached hydrogens (tertiary/aromatic N) is 2. The summed E-state index contributed by atoms with van der Waals surface area (Å²) >= 11 is 5.88. The van der Waals surface area contributed by atoms with Gasteiger partial charge in [0.15, 0.2) is 0 Å². The summed E-state index contributed by atoms with van der Waals surface area (Å²) in [5.41, 5.74) is 1.08. The Bertz CT molecular complexity index is 679. The van der Waals surface area contributed by atoms with E-state index in [1.54, 1.807) is 19.3 Å². The van der Waals surface area contributed by atoms with Crippen molar-refractivity contribution in [1.29, 1.82) is 0 Å². The standard InChI is InChI=1S/C12H9ClN2O3/c1-15-6-8(5-14-12(15)18)7-2-3-9(11(16)17)10(13)4-7/h2-6H,1H3,(H,16,17). The zero-order valence-corrected chi connectivity index (χ0v) is 10.2. The Balaban J connectivity index is 2.52. The maximum atomic E-state index is 11.2. The summed E-state index contributed by atoms with van der Waals surface area (Å²) in [6.07, 6.45) is 3.04. The van der Waals surface area contributed by atoms with Crippen molar-refractivity contribution in [1.82, 2.24) is 9.55 Å². The highest BCUT2D eigenvalue weighted by Crippen LogP contribution is 2.24. The van der Waals surface area contributed by atoms with Crippen LogP contribution in [0.15, 0.2) is 35.4 Å². The summed E-state index contributed by atoms with van der Waals surface area (Å²) in [6.45, 7) is 0. The Morgan fingerprint density at radius 2 is 2.11 bits per heavy atom. The first-order chi connectivity index (χ1) is 8.49. The van der Waals surface area contributed by atoms with Crippen LogP contribution < -0.4 is 5.69 Å².